The van der Waals surface area contributed by atoms with Gasteiger partial charge in [0.25, 0.3) is 0 Å². The highest BCUT2D eigenvalue weighted by Gasteiger charge is 2.59. The van der Waals surface area contributed by atoms with E-state index >= 15 is 0 Å². The number of rotatable bonds is 2. The third kappa shape index (κ3) is 3.08. The number of ketones is 1. The molecule has 6 rings (SSSR count). The van der Waals surface area contributed by atoms with Crippen LogP contribution in [0.3, 0.4) is 0 Å². The van der Waals surface area contributed by atoms with E-state index in [0.717, 1.165) is 42.0 Å². The summed E-state index contributed by atoms with van der Waals surface area (Å²) in [5.41, 5.74) is 7.19. The van der Waals surface area contributed by atoms with E-state index in [2.05, 4.69) is 115 Å². The first-order valence-electron chi connectivity index (χ1n) is 12.4. The molecule has 0 unspecified atom stereocenters. The van der Waals surface area contributed by atoms with Crippen molar-refractivity contribution in [3.63, 3.8) is 0 Å². The van der Waals surface area contributed by atoms with E-state index in [4.69, 9.17) is 0 Å². The zero-order valence-electron chi connectivity index (χ0n) is 21.2. The lowest BCUT2D eigenvalue weighted by atomic mass is 9.46. The normalized spacial score (nSPS) is 26.9. The number of hydrogen-bond donors (Lipinski definition) is 0. The topological polar surface area (TPSA) is 17.1 Å². The summed E-state index contributed by atoms with van der Waals surface area (Å²) in [6, 6.07) is 14.1. The van der Waals surface area contributed by atoms with Gasteiger partial charge in [0.05, 0.1) is 0 Å². The minimum Gasteiger partial charge on any atom is -0.289 e. The summed E-state index contributed by atoms with van der Waals surface area (Å²) >= 11 is 7.85. The van der Waals surface area contributed by atoms with Crippen molar-refractivity contribution in [2.75, 3.05) is 0 Å². The standard InChI is InChI=1S/C33H28Br2O/c1-31(2,3)21-15-23-18-28(34)26-14-20(30(36)25-12-8-10-19-9-6-7-11-24(19)25)13-22-17-29(35)27(16-21)33(23,5)32(22,26)4/h6-18H,1-5H3/t32-,33+/m0/s1. The highest BCUT2D eigenvalue weighted by Crippen LogP contribution is 2.69. The molecule has 3 heteroatoms. The lowest BCUT2D eigenvalue weighted by molar-refractivity contribution is 0.103. The summed E-state index contributed by atoms with van der Waals surface area (Å²) < 4.78 is 2.13. The number of carbonyl (C=O) groups excluding carboxylic acids is 1. The van der Waals surface area contributed by atoms with Gasteiger partial charge in [-0.2, -0.15) is 0 Å². The molecule has 180 valence electrons. The molecule has 0 bridgehead atoms. The predicted molar refractivity (Wildman–Crippen MR) is 157 cm³/mol. The van der Waals surface area contributed by atoms with Crippen LogP contribution in [0.2, 0.25) is 0 Å². The Labute approximate surface area is 230 Å². The molecule has 1 nitrogen and oxygen atoms in total. The second-order valence-corrected chi connectivity index (χ2v) is 13.3. The Morgan fingerprint density at radius 3 is 2.22 bits per heavy atom. The van der Waals surface area contributed by atoms with Crippen molar-refractivity contribution >= 4 is 48.4 Å². The van der Waals surface area contributed by atoms with Crippen LogP contribution in [0, 0.1) is 16.2 Å². The first-order valence-corrected chi connectivity index (χ1v) is 14.0. The Kier molecular flexibility index (Phi) is 5.15. The summed E-state index contributed by atoms with van der Waals surface area (Å²) in [6.07, 6.45) is 13.5. The maximum Gasteiger partial charge on any atom is 0.193 e. The molecule has 0 radical (unpaired) electrons. The van der Waals surface area contributed by atoms with E-state index in [1.807, 2.05) is 30.3 Å². The first kappa shape index (κ1) is 23.9. The van der Waals surface area contributed by atoms with Gasteiger partial charge in [-0.3, -0.25) is 4.79 Å². The largest absolute Gasteiger partial charge is 0.289 e. The van der Waals surface area contributed by atoms with Gasteiger partial charge in [0, 0.05) is 30.9 Å². The number of halogens is 2. The number of allylic oxidation sites excluding steroid dienone is 14. The Morgan fingerprint density at radius 1 is 0.778 bits per heavy atom. The molecular weight excluding hydrogens is 572 g/mol. The van der Waals surface area contributed by atoms with Crippen molar-refractivity contribution in [3.8, 4) is 0 Å². The van der Waals surface area contributed by atoms with Gasteiger partial charge in [-0.15, -0.1) is 0 Å². The van der Waals surface area contributed by atoms with Crippen molar-refractivity contribution in [1.82, 2.24) is 0 Å². The zero-order valence-corrected chi connectivity index (χ0v) is 24.3. The van der Waals surface area contributed by atoms with Crippen molar-refractivity contribution in [3.05, 3.63) is 127 Å². The lowest BCUT2D eigenvalue weighted by Gasteiger charge is -2.58. The van der Waals surface area contributed by atoms with Gasteiger partial charge in [0.1, 0.15) is 0 Å². The predicted octanol–water partition coefficient (Wildman–Crippen LogP) is 9.70. The van der Waals surface area contributed by atoms with Crippen LogP contribution in [0.25, 0.3) is 10.8 Å². The number of fused-ring (bicyclic) bond motifs is 1. The van der Waals surface area contributed by atoms with Crippen LogP contribution in [-0.2, 0) is 0 Å². The third-order valence-corrected chi connectivity index (χ3v) is 10.0. The maximum absolute atomic E-state index is 14.0. The molecule has 4 aliphatic rings. The molecule has 0 aromatic heterocycles. The van der Waals surface area contributed by atoms with Gasteiger partial charge in [0.15, 0.2) is 5.78 Å². The van der Waals surface area contributed by atoms with E-state index in [1.54, 1.807) is 0 Å². The van der Waals surface area contributed by atoms with Gasteiger partial charge >= 0.3 is 0 Å². The summed E-state index contributed by atoms with van der Waals surface area (Å²) in [5.74, 6) is 0.0542. The van der Waals surface area contributed by atoms with Gasteiger partial charge in [-0.1, -0.05) is 121 Å². The average molecular weight is 600 g/mol. The molecular formula is C33H28Br2O. The Balaban J connectivity index is 1.59. The first-order chi connectivity index (χ1) is 17.0. The van der Waals surface area contributed by atoms with Gasteiger partial charge in [-0.05, 0) is 68.4 Å². The lowest BCUT2D eigenvalue weighted by Crippen LogP contribution is -2.49. The molecule has 4 aliphatic carbocycles. The van der Waals surface area contributed by atoms with Gasteiger partial charge in [-0.25, -0.2) is 0 Å². The Bertz CT molecular complexity index is 1610. The number of carbonyl (C=O) groups is 1. The van der Waals surface area contributed by atoms with Crippen molar-refractivity contribution in [1.29, 1.82) is 0 Å². The minimum absolute atomic E-state index is 0.0421. The zero-order chi connectivity index (χ0) is 25.6. The van der Waals surface area contributed by atoms with Crippen LogP contribution >= 0.6 is 31.9 Å². The van der Waals surface area contributed by atoms with E-state index in [9.17, 15) is 4.79 Å². The molecule has 0 aliphatic heterocycles. The van der Waals surface area contributed by atoms with Crippen molar-refractivity contribution < 1.29 is 4.79 Å². The summed E-state index contributed by atoms with van der Waals surface area (Å²) in [4.78, 5) is 14.0. The van der Waals surface area contributed by atoms with E-state index in [0.29, 0.717) is 0 Å². The molecule has 0 heterocycles. The highest BCUT2D eigenvalue weighted by molar-refractivity contribution is 9.12. The molecule has 0 saturated heterocycles. The van der Waals surface area contributed by atoms with Gasteiger partial charge in [0.2, 0.25) is 0 Å². The van der Waals surface area contributed by atoms with E-state index in [1.165, 1.54) is 16.7 Å². The van der Waals surface area contributed by atoms with Crippen LogP contribution in [-0.4, -0.2) is 5.78 Å². The van der Waals surface area contributed by atoms with Crippen LogP contribution in [0.5, 0.6) is 0 Å². The molecule has 0 spiro atoms. The van der Waals surface area contributed by atoms with E-state index < -0.39 is 0 Å². The molecule has 0 N–H and O–H groups in total. The smallest absolute Gasteiger partial charge is 0.193 e. The van der Waals surface area contributed by atoms with Crippen LogP contribution in [0.4, 0.5) is 0 Å². The maximum atomic E-state index is 14.0. The SMILES string of the molecule is CC(C)(C)C1=CC2=C(Br)C=C3C=C(C(=O)c4cccc5ccccc45)C=C4C(Br)=CC(=C1)[C@@]2(C)[C@@]34C. The molecule has 36 heavy (non-hydrogen) atoms. The van der Waals surface area contributed by atoms with Crippen LogP contribution in [0.15, 0.2) is 121 Å². The molecule has 2 aromatic carbocycles. The second-order valence-electron chi connectivity index (χ2n) is 11.6. The molecule has 0 amide bonds. The minimum atomic E-state index is -0.304. The monoisotopic (exact) mass is 598 g/mol. The van der Waals surface area contributed by atoms with Gasteiger partial charge < -0.3 is 0 Å². The molecule has 2 atom stereocenters. The molecule has 2 aromatic rings. The average Bonchev–Trinajstić information content (AvgIpc) is 2.83. The Morgan fingerprint density at radius 2 is 1.47 bits per heavy atom. The number of Topliss-reactive ketones (excluding diaryl/α,β-unsaturated/α-hetero) is 1. The second kappa shape index (κ2) is 7.76. The van der Waals surface area contributed by atoms with Crippen LogP contribution < -0.4 is 0 Å². The Hall–Kier alpha value is -2.49. The fourth-order valence-corrected chi connectivity index (χ4v) is 7.81. The number of benzene rings is 2. The fraction of sp³-hybridized carbons (Fsp3) is 0.242. The van der Waals surface area contributed by atoms with Crippen LogP contribution in [0.1, 0.15) is 45.0 Å². The van der Waals surface area contributed by atoms with Crippen molar-refractivity contribution in [2.45, 2.75) is 34.6 Å². The number of hydrogen-bond acceptors (Lipinski definition) is 1. The summed E-state index contributed by atoms with van der Waals surface area (Å²) in [6.45, 7) is 11.5. The van der Waals surface area contributed by atoms with Crippen molar-refractivity contribution in [2.24, 2.45) is 16.2 Å². The quantitative estimate of drug-likeness (QED) is 0.314. The third-order valence-electron chi connectivity index (χ3n) is 8.70. The highest BCUT2D eigenvalue weighted by atomic mass is 79.9. The molecule has 0 saturated carbocycles. The fourth-order valence-electron chi connectivity index (χ4n) is 6.29. The summed E-state index contributed by atoms with van der Waals surface area (Å²) in [5, 5.41) is 2.07. The van der Waals surface area contributed by atoms with E-state index in [-0.39, 0.29) is 22.0 Å². The summed E-state index contributed by atoms with van der Waals surface area (Å²) in [7, 11) is 0. The molecule has 0 fully saturated rings.